The van der Waals surface area contributed by atoms with Crippen LogP contribution in [0, 0.1) is 18.3 Å². The predicted molar refractivity (Wildman–Crippen MR) is 62.9 cm³/mol. The molecular formula is C14H20O. The average Bonchev–Trinajstić information content (AvgIpc) is 2.92. The van der Waals surface area contributed by atoms with E-state index in [2.05, 4.69) is 45.0 Å². The first-order valence-electron chi connectivity index (χ1n) is 5.75. The van der Waals surface area contributed by atoms with Gasteiger partial charge in [-0.2, -0.15) is 0 Å². The summed E-state index contributed by atoms with van der Waals surface area (Å²) in [6.07, 6.45) is 1.17. The number of hydrogen-bond acceptors (Lipinski definition) is 1. The summed E-state index contributed by atoms with van der Waals surface area (Å²) >= 11 is 0. The molecule has 1 aliphatic rings. The Balaban J connectivity index is 2.17. The van der Waals surface area contributed by atoms with Gasteiger partial charge in [0.2, 0.25) is 0 Å². The van der Waals surface area contributed by atoms with E-state index in [9.17, 15) is 5.11 Å². The van der Waals surface area contributed by atoms with Crippen LogP contribution >= 0.6 is 0 Å². The van der Waals surface area contributed by atoms with Crippen LogP contribution in [0.4, 0.5) is 0 Å². The van der Waals surface area contributed by atoms with Gasteiger partial charge in [0, 0.05) is 6.61 Å². The summed E-state index contributed by atoms with van der Waals surface area (Å²) in [5.74, 6) is 1.23. The van der Waals surface area contributed by atoms with Crippen molar-refractivity contribution in [2.75, 3.05) is 6.61 Å². The fourth-order valence-electron chi connectivity index (χ4n) is 2.72. The fourth-order valence-corrected chi connectivity index (χ4v) is 2.72. The van der Waals surface area contributed by atoms with E-state index in [-0.39, 0.29) is 5.41 Å². The molecule has 0 spiro atoms. The second-order valence-corrected chi connectivity index (χ2v) is 5.27. The lowest BCUT2D eigenvalue weighted by atomic mass is 9.89. The highest BCUT2D eigenvalue weighted by Gasteiger charge is 2.52. The van der Waals surface area contributed by atoms with Crippen molar-refractivity contribution in [2.45, 2.75) is 33.1 Å². The molecule has 1 heteroatoms. The summed E-state index contributed by atoms with van der Waals surface area (Å²) in [5, 5.41) is 9.30. The Morgan fingerprint density at radius 2 is 2.13 bits per heavy atom. The van der Waals surface area contributed by atoms with Crippen molar-refractivity contribution < 1.29 is 5.11 Å². The minimum Gasteiger partial charge on any atom is -0.396 e. The quantitative estimate of drug-likeness (QED) is 0.802. The number of aryl methyl sites for hydroxylation is 1. The summed E-state index contributed by atoms with van der Waals surface area (Å²) in [7, 11) is 0. The molecule has 1 fully saturated rings. The van der Waals surface area contributed by atoms with E-state index in [1.54, 1.807) is 0 Å². The van der Waals surface area contributed by atoms with E-state index in [4.69, 9.17) is 0 Å². The molecule has 1 saturated carbocycles. The molecule has 3 unspecified atom stereocenters. The van der Waals surface area contributed by atoms with Crippen molar-refractivity contribution in [2.24, 2.45) is 11.3 Å². The van der Waals surface area contributed by atoms with Gasteiger partial charge in [0.05, 0.1) is 0 Å². The smallest absolute Gasteiger partial charge is 0.0487 e. The van der Waals surface area contributed by atoms with E-state index in [1.165, 1.54) is 17.5 Å². The topological polar surface area (TPSA) is 20.2 Å². The minimum atomic E-state index is 0.182. The largest absolute Gasteiger partial charge is 0.396 e. The van der Waals surface area contributed by atoms with E-state index < -0.39 is 0 Å². The molecule has 0 saturated heterocycles. The lowest BCUT2D eigenvalue weighted by molar-refractivity contribution is 0.207. The molecule has 1 aromatic rings. The van der Waals surface area contributed by atoms with Crippen LogP contribution in [0.15, 0.2) is 24.3 Å². The van der Waals surface area contributed by atoms with Gasteiger partial charge in [-0.05, 0) is 41.7 Å². The first kappa shape index (κ1) is 10.7. The maximum atomic E-state index is 9.30. The zero-order valence-corrected chi connectivity index (χ0v) is 9.83. The predicted octanol–water partition coefficient (Wildman–Crippen LogP) is 3.12. The van der Waals surface area contributed by atoms with Gasteiger partial charge >= 0.3 is 0 Å². The molecule has 1 nitrogen and oxygen atoms in total. The first-order chi connectivity index (χ1) is 7.08. The van der Waals surface area contributed by atoms with E-state index in [1.807, 2.05) is 0 Å². The molecule has 0 aromatic heterocycles. The highest BCUT2D eigenvalue weighted by molar-refractivity contribution is 5.31. The standard InChI is InChI=1S/C14H20O/c1-10-6-4-5-7-12(10)11(2)13-8-14(13,3)9-15/h4-7,11,13,15H,8-9H2,1-3H3. The monoisotopic (exact) mass is 204 g/mol. The molecule has 0 aliphatic heterocycles. The normalized spacial score (nSPS) is 31.3. The molecular weight excluding hydrogens is 184 g/mol. The van der Waals surface area contributed by atoms with Crippen molar-refractivity contribution in [3.63, 3.8) is 0 Å². The number of aliphatic hydroxyl groups excluding tert-OH is 1. The van der Waals surface area contributed by atoms with Crippen LogP contribution in [0.1, 0.15) is 37.3 Å². The SMILES string of the molecule is Cc1ccccc1C(C)C1CC1(C)CO. The third-order valence-electron chi connectivity index (χ3n) is 4.07. The van der Waals surface area contributed by atoms with Gasteiger partial charge in [-0.1, -0.05) is 38.1 Å². The van der Waals surface area contributed by atoms with Crippen LogP contribution < -0.4 is 0 Å². The molecule has 0 heterocycles. The number of benzene rings is 1. The Labute approximate surface area is 92.1 Å². The molecule has 2 rings (SSSR count). The summed E-state index contributed by atoms with van der Waals surface area (Å²) < 4.78 is 0. The maximum absolute atomic E-state index is 9.30. The Morgan fingerprint density at radius 3 is 2.67 bits per heavy atom. The van der Waals surface area contributed by atoms with Gasteiger partial charge in [-0.25, -0.2) is 0 Å². The molecule has 0 radical (unpaired) electrons. The Kier molecular flexibility index (Phi) is 2.59. The van der Waals surface area contributed by atoms with Crippen LogP contribution in [0.2, 0.25) is 0 Å². The van der Waals surface area contributed by atoms with Crippen LogP contribution in [0.3, 0.4) is 0 Å². The second kappa shape index (κ2) is 3.64. The molecule has 15 heavy (non-hydrogen) atoms. The third kappa shape index (κ3) is 1.81. The Hall–Kier alpha value is -0.820. The molecule has 3 atom stereocenters. The van der Waals surface area contributed by atoms with Gasteiger partial charge in [-0.3, -0.25) is 0 Å². The molecule has 1 N–H and O–H groups in total. The van der Waals surface area contributed by atoms with Crippen LogP contribution in [0.25, 0.3) is 0 Å². The van der Waals surface area contributed by atoms with Gasteiger partial charge in [-0.15, -0.1) is 0 Å². The lowest BCUT2D eigenvalue weighted by Crippen LogP contribution is -2.09. The van der Waals surface area contributed by atoms with Crippen molar-refractivity contribution in [1.29, 1.82) is 0 Å². The van der Waals surface area contributed by atoms with Crippen molar-refractivity contribution in [1.82, 2.24) is 0 Å². The summed E-state index contributed by atoms with van der Waals surface area (Å²) in [6.45, 7) is 6.97. The van der Waals surface area contributed by atoms with Crippen molar-refractivity contribution >= 4 is 0 Å². The summed E-state index contributed by atoms with van der Waals surface area (Å²) in [6, 6.07) is 8.59. The summed E-state index contributed by atoms with van der Waals surface area (Å²) in [5.41, 5.74) is 3.00. The molecule has 0 bridgehead atoms. The van der Waals surface area contributed by atoms with E-state index >= 15 is 0 Å². The van der Waals surface area contributed by atoms with Gasteiger partial charge in [0.15, 0.2) is 0 Å². The van der Waals surface area contributed by atoms with Crippen LogP contribution in [-0.4, -0.2) is 11.7 Å². The number of aliphatic hydroxyl groups is 1. The second-order valence-electron chi connectivity index (χ2n) is 5.27. The van der Waals surface area contributed by atoms with Crippen LogP contribution in [0.5, 0.6) is 0 Å². The number of hydrogen-bond donors (Lipinski definition) is 1. The molecule has 1 aromatic carbocycles. The third-order valence-corrected chi connectivity index (χ3v) is 4.07. The first-order valence-corrected chi connectivity index (χ1v) is 5.75. The average molecular weight is 204 g/mol. The highest BCUT2D eigenvalue weighted by atomic mass is 16.3. The minimum absolute atomic E-state index is 0.182. The van der Waals surface area contributed by atoms with Crippen molar-refractivity contribution in [3.05, 3.63) is 35.4 Å². The van der Waals surface area contributed by atoms with Crippen molar-refractivity contribution in [3.8, 4) is 0 Å². The lowest BCUT2D eigenvalue weighted by Gasteiger charge is -2.17. The van der Waals surface area contributed by atoms with Gasteiger partial charge in [0.25, 0.3) is 0 Å². The zero-order valence-electron chi connectivity index (χ0n) is 9.83. The zero-order chi connectivity index (χ0) is 11.1. The highest BCUT2D eigenvalue weighted by Crippen LogP contribution is 2.58. The molecule has 1 aliphatic carbocycles. The van der Waals surface area contributed by atoms with E-state index in [0.717, 1.165) is 0 Å². The van der Waals surface area contributed by atoms with E-state index in [0.29, 0.717) is 18.4 Å². The number of rotatable bonds is 3. The maximum Gasteiger partial charge on any atom is 0.0487 e. The van der Waals surface area contributed by atoms with Gasteiger partial charge < -0.3 is 5.11 Å². The van der Waals surface area contributed by atoms with Crippen LogP contribution in [-0.2, 0) is 0 Å². The molecule has 82 valence electrons. The summed E-state index contributed by atoms with van der Waals surface area (Å²) in [4.78, 5) is 0. The Morgan fingerprint density at radius 1 is 1.47 bits per heavy atom. The fraction of sp³-hybridized carbons (Fsp3) is 0.571. The molecule has 0 amide bonds. The van der Waals surface area contributed by atoms with Gasteiger partial charge in [0.1, 0.15) is 0 Å². The Bertz CT molecular complexity index is 358.